The predicted molar refractivity (Wildman–Crippen MR) is 44.8 cm³/mol. The average molecular weight is 207 g/mol. The van der Waals surface area contributed by atoms with Crippen LogP contribution in [-0.2, 0) is 4.79 Å². The standard InChI is InChI=1S/C7H4Cl2O3/c8-4-1-2-5(11)6(9)7(4)12-3-10/h1-3,11H. The molecular formula is C7H4Cl2O3. The highest BCUT2D eigenvalue weighted by Crippen LogP contribution is 2.38. The number of hydrogen-bond donors (Lipinski definition) is 1. The Balaban J connectivity index is 3.22. The molecule has 0 atom stereocenters. The molecule has 3 nitrogen and oxygen atoms in total. The summed E-state index contributed by atoms with van der Waals surface area (Å²) in [5.74, 6) is -0.216. The molecule has 0 amide bonds. The Bertz CT molecular complexity index is 312. The van der Waals surface area contributed by atoms with Crippen LogP contribution in [-0.4, -0.2) is 11.6 Å². The summed E-state index contributed by atoms with van der Waals surface area (Å²) < 4.78 is 4.44. The van der Waals surface area contributed by atoms with Crippen molar-refractivity contribution in [1.82, 2.24) is 0 Å². The molecule has 0 bridgehead atoms. The Kier molecular flexibility index (Phi) is 2.78. The highest BCUT2D eigenvalue weighted by Gasteiger charge is 2.10. The molecule has 0 spiro atoms. The molecule has 0 saturated heterocycles. The van der Waals surface area contributed by atoms with Crippen molar-refractivity contribution in [3.05, 3.63) is 22.2 Å². The first-order valence-electron chi connectivity index (χ1n) is 2.94. The first-order chi connectivity index (χ1) is 5.66. The maximum Gasteiger partial charge on any atom is 0.298 e. The number of rotatable bonds is 2. The molecule has 1 N–H and O–H groups in total. The van der Waals surface area contributed by atoms with Gasteiger partial charge in [0.05, 0.1) is 5.02 Å². The fraction of sp³-hybridized carbons (Fsp3) is 0. The number of benzene rings is 1. The van der Waals surface area contributed by atoms with E-state index in [0.29, 0.717) is 0 Å². The smallest absolute Gasteiger partial charge is 0.298 e. The molecule has 0 radical (unpaired) electrons. The number of halogens is 2. The van der Waals surface area contributed by atoms with Crippen LogP contribution in [0, 0.1) is 0 Å². The summed E-state index contributed by atoms with van der Waals surface area (Å²) in [6.07, 6.45) is 0. The molecule has 1 rings (SSSR count). The van der Waals surface area contributed by atoms with Crippen molar-refractivity contribution >= 4 is 29.7 Å². The molecule has 1 aromatic carbocycles. The van der Waals surface area contributed by atoms with Crippen LogP contribution in [0.3, 0.4) is 0 Å². The Morgan fingerprint density at radius 3 is 2.67 bits per heavy atom. The molecule has 0 unspecified atom stereocenters. The maximum atomic E-state index is 9.97. The second-order valence-corrected chi connectivity index (χ2v) is 2.71. The van der Waals surface area contributed by atoms with Gasteiger partial charge in [-0.2, -0.15) is 0 Å². The van der Waals surface area contributed by atoms with E-state index in [0.717, 1.165) is 0 Å². The summed E-state index contributed by atoms with van der Waals surface area (Å²) in [6, 6.07) is 2.68. The van der Waals surface area contributed by atoms with E-state index >= 15 is 0 Å². The molecular weight excluding hydrogens is 203 g/mol. The van der Waals surface area contributed by atoms with Gasteiger partial charge >= 0.3 is 0 Å². The van der Waals surface area contributed by atoms with E-state index in [4.69, 9.17) is 28.3 Å². The van der Waals surface area contributed by atoms with Crippen molar-refractivity contribution in [3.63, 3.8) is 0 Å². The molecule has 12 heavy (non-hydrogen) atoms. The van der Waals surface area contributed by atoms with Crippen LogP contribution in [0.1, 0.15) is 0 Å². The number of phenols is 1. The minimum Gasteiger partial charge on any atom is -0.506 e. The Labute approximate surface area is 78.5 Å². The van der Waals surface area contributed by atoms with E-state index in [1.54, 1.807) is 0 Å². The van der Waals surface area contributed by atoms with Crippen molar-refractivity contribution in [2.45, 2.75) is 0 Å². The average Bonchev–Trinajstić information content (AvgIpc) is 2.06. The minimum absolute atomic E-state index is 0.0340. The van der Waals surface area contributed by atoms with Gasteiger partial charge in [0, 0.05) is 0 Å². The minimum atomic E-state index is -0.182. The van der Waals surface area contributed by atoms with Crippen LogP contribution in [0.25, 0.3) is 0 Å². The zero-order valence-corrected chi connectivity index (χ0v) is 7.26. The normalized spacial score (nSPS) is 9.50. The second-order valence-electron chi connectivity index (χ2n) is 1.92. The molecule has 0 aromatic heterocycles. The van der Waals surface area contributed by atoms with Gasteiger partial charge in [-0.25, -0.2) is 0 Å². The van der Waals surface area contributed by atoms with Gasteiger partial charge in [-0.15, -0.1) is 0 Å². The molecule has 0 fully saturated rings. The van der Waals surface area contributed by atoms with Gasteiger partial charge in [-0.3, -0.25) is 4.79 Å². The highest BCUT2D eigenvalue weighted by molar-refractivity contribution is 6.38. The lowest BCUT2D eigenvalue weighted by molar-refractivity contribution is -0.120. The van der Waals surface area contributed by atoms with Gasteiger partial charge in [0.15, 0.2) is 5.75 Å². The summed E-state index contributed by atoms with van der Waals surface area (Å²) >= 11 is 11.2. The largest absolute Gasteiger partial charge is 0.506 e. The van der Waals surface area contributed by atoms with E-state index < -0.39 is 0 Å². The number of aromatic hydroxyl groups is 1. The van der Waals surface area contributed by atoms with Gasteiger partial charge in [0.1, 0.15) is 10.8 Å². The third kappa shape index (κ3) is 1.62. The number of carbonyl (C=O) groups is 1. The molecule has 0 saturated carbocycles. The predicted octanol–water partition coefficient (Wildman–Crippen LogP) is 2.23. The van der Waals surface area contributed by atoms with Crippen molar-refractivity contribution in [2.24, 2.45) is 0 Å². The quantitative estimate of drug-likeness (QED) is 0.756. The van der Waals surface area contributed by atoms with E-state index in [-0.39, 0.29) is 28.0 Å². The molecule has 0 heterocycles. The Hall–Kier alpha value is -0.930. The lowest BCUT2D eigenvalue weighted by Crippen LogP contribution is -1.90. The first-order valence-corrected chi connectivity index (χ1v) is 3.69. The monoisotopic (exact) mass is 206 g/mol. The van der Waals surface area contributed by atoms with Crippen LogP contribution in [0.5, 0.6) is 11.5 Å². The molecule has 0 aliphatic heterocycles. The van der Waals surface area contributed by atoms with Gasteiger partial charge in [-0.05, 0) is 12.1 Å². The molecule has 5 heteroatoms. The molecule has 0 aliphatic carbocycles. The summed E-state index contributed by atoms with van der Waals surface area (Å²) in [5, 5.41) is 9.16. The van der Waals surface area contributed by atoms with Gasteiger partial charge in [0.25, 0.3) is 6.47 Å². The van der Waals surface area contributed by atoms with E-state index in [1.165, 1.54) is 12.1 Å². The molecule has 64 valence electrons. The van der Waals surface area contributed by atoms with Crippen molar-refractivity contribution in [3.8, 4) is 11.5 Å². The topological polar surface area (TPSA) is 46.5 Å². The lowest BCUT2D eigenvalue weighted by Gasteiger charge is -2.04. The highest BCUT2D eigenvalue weighted by atomic mass is 35.5. The summed E-state index contributed by atoms with van der Waals surface area (Å²) in [5.41, 5.74) is 0. The van der Waals surface area contributed by atoms with Crippen LogP contribution < -0.4 is 4.74 Å². The van der Waals surface area contributed by atoms with Gasteiger partial charge in [0.2, 0.25) is 0 Å². The van der Waals surface area contributed by atoms with Crippen LogP contribution >= 0.6 is 23.2 Å². The zero-order valence-electron chi connectivity index (χ0n) is 5.75. The lowest BCUT2D eigenvalue weighted by atomic mass is 10.3. The fourth-order valence-electron chi connectivity index (χ4n) is 0.678. The second kappa shape index (κ2) is 3.65. The van der Waals surface area contributed by atoms with Crippen LogP contribution in [0.15, 0.2) is 12.1 Å². The number of phenolic OH excluding ortho intramolecular Hbond substituents is 1. The van der Waals surface area contributed by atoms with E-state index in [9.17, 15) is 4.79 Å². The summed E-state index contributed by atoms with van der Waals surface area (Å²) in [7, 11) is 0. The Morgan fingerprint density at radius 2 is 2.08 bits per heavy atom. The van der Waals surface area contributed by atoms with Crippen molar-refractivity contribution in [1.29, 1.82) is 0 Å². The SMILES string of the molecule is O=COc1c(Cl)ccc(O)c1Cl. The van der Waals surface area contributed by atoms with Crippen molar-refractivity contribution in [2.75, 3.05) is 0 Å². The third-order valence-corrected chi connectivity index (χ3v) is 1.86. The van der Waals surface area contributed by atoms with Crippen LogP contribution in [0.2, 0.25) is 10.0 Å². The first kappa shape index (κ1) is 9.16. The zero-order chi connectivity index (χ0) is 9.14. The molecule has 0 aliphatic rings. The number of carbonyl (C=O) groups excluding carboxylic acids is 1. The van der Waals surface area contributed by atoms with E-state index in [1.807, 2.05) is 0 Å². The number of ether oxygens (including phenoxy) is 1. The van der Waals surface area contributed by atoms with Crippen molar-refractivity contribution < 1.29 is 14.6 Å². The maximum absolute atomic E-state index is 9.97. The summed E-state index contributed by atoms with van der Waals surface area (Å²) in [6.45, 7) is 0.187. The van der Waals surface area contributed by atoms with E-state index in [2.05, 4.69) is 4.74 Å². The Morgan fingerprint density at radius 1 is 1.42 bits per heavy atom. The molecule has 1 aromatic rings. The number of hydrogen-bond acceptors (Lipinski definition) is 3. The van der Waals surface area contributed by atoms with Gasteiger partial charge in [-0.1, -0.05) is 23.2 Å². The fourth-order valence-corrected chi connectivity index (χ4v) is 1.14. The van der Waals surface area contributed by atoms with Crippen LogP contribution in [0.4, 0.5) is 0 Å². The van der Waals surface area contributed by atoms with Gasteiger partial charge < -0.3 is 9.84 Å². The summed E-state index contributed by atoms with van der Waals surface area (Å²) in [4.78, 5) is 9.97. The third-order valence-electron chi connectivity index (χ3n) is 1.19.